The minimum atomic E-state index is -1.03. The van der Waals surface area contributed by atoms with Crippen molar-refractivity contribution in [1.82, 2.24) is 20.1 Å². The average Bonchev–Trinajstić information content (AvgIpc) is 2.79. The van der Waals surface area contributed by atoms with E-state index in [1.54, 1.807) is 6.92 Å². The van der Waals surface area contributed by atoms with Crippen molar-refractivity contribution in [3.05, 3.63) is 12.7 Å². The van der Waals surface area contributed by atoms with Crippen molar-refractivity contribution in [2.75, 3.05) is 0 Å². The Balaban J connectivity index is 2.64. The fourth-order valence-corrected chi connectivity index (χ4v) is 1.52. The van der Waals surface area contributed by atoms with E-state index >= 15 is 0 Å². The largest absolute Gasteiger partial charge is 0.480 e. The molecule has 7 heteroatoms. The summed E-state index contributed by atoms with van der Waals surface area (Å²) in [5.41, 5.74) is 0. The van der Waals surface area contributed by atoms with Crippen LogP contribution in [0.4, 0.5) is 0 Å². The molecule has 0 aromatic carbocycles. The summed E-state index contributed by atoms with van der Waals surface area (Å²) in [6.45, 7) is 5.45. The summed E-state index contributed by atoms with van der Waals surface area (Å²) in [7, 11) is 0. The van der Waals surface area contributed by atoms with E-state index in [4.69, 9.17) is 5.11 Å². The molecule has 7 nitrogen and oxygen atoms in total. The third kappa shape index (κ3) is 3.83. The number of aliphatic carboxylic acids is 1. The number of amides is 1. The standard InChI is InChI=1S/C11H18N4O3/c1-7(2)4-9(11(17)18)14-10(16)8(3)15-6-12-5-13-15/h5-9H,4H2,1-3H3,(H,14,16)(H,17,18)/t8?,9-/m0/s1. The Morgan fingerprint density at radius 3 is 2.50 bits per heavy atom. The van der Waals surface area contributed by atoms with Crippen LogP contribution in [-0.4, -0.2) is 37.8 Å². The Bertz CT molecular complexity index is 402. The first-order valence-electron chi connectivity index (χ1n) is 5.79. The second-order valence-electron chi connectivity index (χ2n) is 4.58. The van der Waals surface area contributed by atoms with Crippen molar-refractivity contribution in [3.63, 3.8) is 0 Å². The highest BCUT2D eigenvalue weighted by Crippen LogP contribution is 2.08. The number of carbonyl (C=O) groups excluding carboxylic acids is 1. The van der Waals surface area contributed by atoms with Gasteiger partial charge in [0.15, 0.2) is 0 Å². The fraction of sp³-hybridized carbons (Fsp3) is 0.636. The number of hydrogen-bond acceptors (Lipinski definition) is 4. The molecule has 1 unspecified atom stereocenters. The molecule has 0 radical (unpaired) electrons. The first-order valence-corrected chi connectivity index (χ1v) is 5.79. The maximum Gasteiger partial charge on any atom is 0.326 e. The molecule has 0 saturated carbocycles. The van der Waals surface area contributed by atoms with Crippen LogP contribution in [0.3, 0.4) is 0 Å². The maximum absolute atomic E-state index is 11.9. The van der Waals surface area contributed by atoms with E-state index in [-0.39, 0.29) is 11.8 Å². The van der Waals surface area contributed by atoms with Crippen molar-refractivity contribution in [3.8, 4) is 0 Å². The summed E-state index contributed by atoms with van der Waals surface area (Å²) >= 11 is 0. The molecule has 0 aliphatic carbocycles. The molecule has 2 N–H and O–H groups in total. The highest BCUT2D eigenvalue weighted by molar-refractivity contribution is 5.85. The Morgan fingerprint density at radius 2 is 2.06 bits per heavy atom. The third-order valence-electron chi connectivity index (χ3n) is 2.53. The van der Waals surface area contributed by atoms with E-state index in [1.165, 1.54) is 17.3 Å². The molecule has 0 spiro atoms. The molecule has 18 heavy (non-hydrogen) atoms. The number of carboxylic acid groups (broad SMARTS) is 1. The molecule has 0 aliphatic heterocycles. The monoisotopic (exact) mass is 254 g/mol. The zero-order chi connectivity index (χ0) is 13.7. The minimum absolute atomic E-state index is 0.188. The van der Waals surface area contributed by atoms with Gasteiger partial charge >= 0.3 is 5.97 Å². The number of nitrogens with one attached hydrogen (secondary N) is 1. The van der Waals surface area contributed by atoms with Gasteiger partial charge in [0.25, 0.3) is 0 Å². The van der Waals surface area contributed by atoms with E-state index < -0.39 is 18.1 Å². The van der Waals surface area contributed by atoms with Crippen LogP contribution in [-0.2, 0) is 9.59 Å². The Hall–Kier alpha value is -1.92. The summed E-state index contributed by atoms with van der Waals surface area (Å²) in [6, 6.07) is -1.45. The number of aromatic nitrogens is 3. The van der Waals surface area contributed by atoms with Gasteiger partial charge in [0.1, 0.15) is 24.7 Å². The van der Waals surface area contributed by atoms with Gasteiger partial charge in [0, 0.05) is 0 Å². The molecule has 1 aromatic rings. The highest BCUT2D eigenvalue weighted by atomic mass is 16.4. The van der Waals surface area contributed by atoms with Gasteiger partial charge in [-0.2, -0.15) is 5.10 Å². The first kappa shape index (κ1) is 14.1. The van der Waals surface area contributed by atoms with Gasteiger partial charge < -0.3 is 10.4 Å². The molecule has 1 heterocycles. The van der Waals surface area contributed by atoms with Gasteiger partial charge in [0.2, 0.25) is 5.91 Å². The lowest BCUT2D eigenvalue weighted by Gasteiger charge is -2.19. The maximum atomic E-state index is 11.9. The summed E-state index contributed by atoms with van der Waals surface area (Å²) in [6.07, 6.45) is 3.14. The van der Waals surface area contributed by atoms with Crippen molar-refractivity contribution in [1.29, 1.82) is 0 Å². The Labute approximate surface area is 105 Å². The molecule has 1 rings (SSSR count). The van der Waals surface area contributed by atoms with Gasteiger partial charge in [-0.3, -0.25) is 4.79 Å². The second kappa shape index (κ2) is 6.13. The zero-order valence-electron chi connectivity index (χ0n) is 10.7. The van der Waals surface area contributed by atoms with Crippen molar-refractivity contribution >= 4 is 11.9 Å². The lowest BCUT2D eigenvalue weighted by Crippen LogP contribution is -2.44. The van der Waals surface area contributed by atoms with Gasteiger partial charge in [-0.15, -0.1) is 0 Å². The minimum Gasteiger partial charge on any atom is -0.480 e. The molecule has 0 saturated heterocycles. The van der Waals surface area contributed by atoms with Gasteiger partial charge in [0.05, 0.1) is 0 Å². The van der Waals surface area contributed by atoms with Gasteiger partial charge in [-0.25, -0.2) is 14.5 Å². The van der Waals surface area contributed by atoms with Gasteiger partial charge in [-0.05, 0) is 19.3 Å². The van der Waals surface area contributed by atoms with Crippen molar-refractivity contribution in [2.24, 2.45) is 5.92 Å². The predicted octanol–water partition coefficient (Wildman–Crippen LogP) is 0.455. The second-order valence-corrected chi connectivity index (χ2v) is 4.58. The summed E-state index contributed by atoms with van der Waals surface area (Å²) in [4.78, 5) is 26.6. The van der Waals surface area contributed by atoms with Crippen molar-refractivity contribution < 1.29 is 14.7 Å². The van der Waals surface area contributed by atoms with E-state index in [0.717, 1.165) is 0 Å². The number of carboxylic acids is 1. The summed E-state index contributed by atoms with van der Waals surface area (Å²) < 4.78 is 1.38. The van der Waals surface area contributed by atoms with E-state index in [9.17, 15) is 9.59 Å². The molecule has 0 bridgehead atoms. The normalized spacial score (nSPS) is 14.2. The van der Waals surface area contributed by atoms with Crippen molar-refractivity contribution in [2.45, 2.75) is 39.3 Å². The fourth-order valence-electron chi connectivity index (χ4n) is 1.52. The molecule has 0 aliphatic rings. The lowest BCUT2D eigenvalue weighted by atomic mass is 10.0. The van der Waals surface area contributed by atoms with Crippen LogP contribution in [0.2, 0.25) is 0 Å². The molecule has 1 amide bonds. The Kier molecular flexibility index (Phi) is 4.82. The molecule has 2 atom stereocenters. The number of nitrogens with zero attached hydrogens (tertiary/aromatic N) is 3. The van der Waals surface area contributed by atoms with Crippen LogP contribution in [0, 0.1) is 5.92 Å². The molecule has 100 valence electrons. The van der Waals surface area contributed by atoms with Crippen LogP contribution >= 0.6 is 0 Å². The molecular weight excluding hydrogens is 236 g/mol. The first-order chi connectivity index (χ1) is 8.41. The highest BCUT2D eigenvalue weighted by Gasteiger charge is 2.24. The van der Waals surface area contributed by atoms with Gasteiger partial charge in [-0.1, -0.05) is 13.8 Å². The Morgan fingerprint density at radius 1 is 1.39 bits per heavy atom. The lowest BCUT2D eigenvalue weighted by molar-refractivity contribution is -0.142. The van der Waals surface area contributed by atoms with E-state index in [2.05, 4.69) is 15.4 Å². The molecule has 1 aromatic heterocycles. The predicted molar refractivity (Wildman–Crippen MR) is 63.8 cm³/mol. The molecular formula is C11H18N4O3. The van der Waals surface area contributed by atoms with Crippen LogP contribution in [0.5, 0.6) is 0 Å². The summed E-state index contributed by atoms with van der Waals surface area (Å²) in [5.74, 6) is -1.22. The quantitative estimate of drug-likeness (QED) is 0.768. The van der Waals surface area contributed by atoms with Crippen LogP contribution in [0.25, 0.3) is 0 Å². The van der Waals surface area contributed by atoms with Crippen LogP contribution in [0.15, 0.2) is 12.7 Å². The van der Waals surface area contributed by atoms with Crippen LogP contribution in [0.1, 0.15) is 33.2 Å². The third-order valence-corrected chi connectivity index (χ3v) is 2.53. The zero-order valence-corrected chi connectivity index (χ0v) is 10.7. The average molecular weight is 254 g/mol. The number of rotatable bonds is 6. The summed E-state index contributed by atoms with van der Waals surface area (Å²) in [5, 5.41) is 15.4. The SMILES string of the molecule is CC(C)C[C@H](NC(=O)C(C)n1cncn1)C(=O)O. The van der Waals surface area contributed by atoms with E-state index in [0.29, 0.717) is 6.42 Å². The molecule has 0 fully saturated rings. The topological polar surface area (TPSA) is 97.1 Å². The number of carbonyl (C=O) groups is 2. The number of hydrogen-bond donors (Lipinski definition) is 2. The smallest absolute Gasteiger partial charge is 0.326 e. The van der Waals surface area contributed by atoms with E-state index in [1.807, 2.05) is 13.8 Å². The van der Waals surface area contributed by atoms with Crippen LogP contribution < -0.4 is 5.32 Å².